The Morgan fingerprint density at radius 3 is 2.61 bits per heavy atom. The quantitative estimate of drug-likeness (QED) is 0.508. The van der Waals surface area contributed by atoms with Crippen LogP contribution in [0.5, 0.6) is 5.88 Å². The Labute approximate surface area is 106 Å². The molecule has 6 nitrogen and oxygen atoms in total. The van der Waals surface area contributed by atoms with Gasteiger partial charge in [-0.25, -0.2) is 9.78 Å². The maximum atomic E-state index is 11.6. The van der Waals surface area contributed by atoms with Gasteiger partial charge in [-0.05, 0) is 6.07 Å². The predicted molar refractivity (Wildman–Crippen MR) is 63.8 cm³/mol. The highest BCUT2D eigenvalue weighted by molar-refractivity contribution is 5.89. The van der Waals surface area contributed by atoms with Crippen molar-refractivity contribution in [1.29, 1.82) is 0 Å². The normalized spacial score (nSPS) is 10.1. The van der Waals surface area contributed by atoms with Crippen molar-refractivity contribution >= 4 is 5.97 Å². The van der Waals surface area contributed by atoms with Crippen molar-refractivity contribution in [1.82, 2.24) is 4.98 Å². The minimum atomic E-state index is -0.425. The highest BCUT2D eigenvalue weighted by atomic mass is 16.6. The summed E-state index contributed by atoms with van der Waals surface area (Å²) in [5.41, 5.74) is 0.397. The van der Waals surface area contributed by atoms with Crippen LogP contribution in [0.15, 0.2) is 18.3 Å². The maximum Gasteiger partial charge on any atom is 0.338 e. The predicted octanol–water partition coefficient (Wildman–Crippen LogP) is 0.910. The summed E-state index contributed by atoms with van der Waals surface area (Å²) in [6, 6.07) is 3.10. The van der Waals surface area contributed by atoms with Crippen LogP contribution in [0, 0.1) is 0 Å². The van der Waals surface area contributed by atoms with E-state index < -0.39 is 5.97 Å². The fourth-order valence-corrected chi connectivity index (χ4v) is 1.15. The third-order valence-electron chi connectivity index (χ3n) is 2.03. The van der Waals surface area contributed by atoms with Crippen LogP contribution >= 0.6 is 0 Å². The van der Waals surface area contributed by atoms with Gasteiger partial charge in [0.1, 0.15) is 13.2 Å². The van der Waals surface area contributed by atoms with E-state index in [-0.39, 0.29) is 6.61 Å². The molecule has 0 aromatic carbocycles. The van der Waals surface area contributed by atoms with Gasteiger partial charge in [-0.3, -0.25) is 0 Å². The number of ether oxygens (including phenoxy) is 4. The van der Waals surface area contributed by atoms with Gasteiger partial charge in [0.05, 0.1) is 18.8 Å². The molecule has 0 radical (unpaired) electrons. The lowest BCUT2D eigenvalue weighted by atomic mass is 10.3. The molecule has 0 aliphatic carbocycles. The number of pyridine rings is 1. The minimum absolute atomic E-state index is 0.220. The van der Waals surface area contributed by atoms with Crippen LogP contribution in [0.25, 0.3) is 0 Å². The van der Waals surface area contributed by atoms with Gasteiger partial charge in [0.25, 0.3) is 0 Å². The second-order valence-corrected chi connectivity index (χ2v) is 3.35. The van der Waals surface area contributed by atoms with Crippen molar-refractivity contribution in [2.24, 2.45) is 0 Å². The Balaban J connectivity index is 2.49. The summed E-state index contributed by atoms with van der Waals surface area (Å²) in [4.78, 5) is 15.6. The molecule has 0 saturated heterocycles. The average Bonchev–Trinajstić information content (AvgIpc) is 2.39. The monoisotopic (exact) mass is 255 g/mol. The van der Waals surface area contributed by atoms with Gasteiger partial charge in [-0.1, -0.05) is 0 Å². The summed E-state index contributed by atoms with van der Waals surface area (Å²) in [5, 5.41) is 0. The zero-order chi connectivity index (χ0) is 13.2. The van der Waals surface area contributed by atoms with E-state index in [1.165, 1.54) is 12.3 Å². The smallest absolute Gasteiger partial charge is 0.338 e. The molecule has 0 N–H and O–H groups in total. The highest BCUT2D eigenvalue weighted by Gasteiger charge is 2.08. The van der Waals surface area contributed by atoms with E-state index in [0.29, 0.717) is 31.3 Å². The van der Waals surface area contributed by atoms with Crippen LogP contribution in [0.4, 0.5) is 0 Å². The van der Waals surface area contributed by atoms with Crippen molar-refractivity contribution in [3.8, 4) is 5.88 Å². The van der Waals surface area contributed by atoms with Crippen molar-refractivity contribution in [2.75, 3.05) is 40.6 Å². The van der Waals surface area contributed by atoms with Crippen molar-refractivity contribution in [3.63, 3.8) is 0 Å². The standard InChI is InChI=1S/C12H17NO5/c1-15-5-7-17-11-9-10(3-4-13-11)12(14)18-8-6-16-2/h3-4,9H,5-8H2,1-2H3. The zero-order valence-electron chi connectivity index (χ0n) is 10.5. The van der Waals surface area contributed by atoms with Crippen LogP contribution in [0.2, 0.25) is 0 Å². The number of carbonyl (C=O) groups is 1. The number of methoxy groups -OCH3 is 2. The third kappa shape index (κ3) is 5.11. The lowest BCUT2D eigenvalue weighted by molar-refractivity contribution is 0.0387. The first-order valence-electron chi connectivity index (χ1n) is 5.51. The molecule has 0 atom stereocenters. The highest BCUT2D eigenvalue weighted by Crippen LogP contribution is 2.10. The molecule has 0 saturated carbocycles. The van der Waals surface area contributed by atoms with Crippen molar-refractivity contribution < 1.29 is 23.7 Å². The third-order valence-corrected chi connectivity index (χ3v) is 2.03. The van der Waals surface area contributed by atoms with Crippen molar-refractivity contribution in [2.45, 2.75) is 0 Å². The lowest BCUT2D eigenvalue weighted by Crippen LogP contribution is -2.11. The van der Waals surface area contributed by atoms with E-state index in [2.05, 4.69) is 4.98 Å². The fourth-order valence-electron chi connectivity index (χ4n) is 1.15. The summed E-state index contributed by atoms with van der Waals surface area (Å²) in [5.74, 6) is -0.0562. The minimum Gasteiger partial charge on any atom is -0.475 e. The first kappa shape index (κ1) is 14.4. The molecular weight excluding hydrogens is 238 g/mol. The summed E-state index contributed by atoms with van der Waals surface area (Å²) in [6.07, 6.45) is 1.50. The second kappa shape index (κ2) is 8.43. The van der Waals surface area contributed by atoms with Crippen LogP contribution < -0.4 is 4.74 Å². The molecule has 0 amide bonds. The molecule has 18 heavy (non-hydrogen) atoms. The molecule has 0 fully saturated rings. The van der Waals surface area contributed by atoms with Crippen molar-refractivity contribution in [3.05, 3.63) is 23.9 Å². The number of rotatable bonds is 8. The second-order valence-electron chi connectivity index (χ2n) is 3.35. The molecule has 6 heteroatoms. The first-order chi connectivity index (χ1) is 8.77. The summed E-state index contributed by atoms with van der Waals surface area (Å²) >= 11 is 0. The summed E-state index contributed by atoms with van der Waals surface area (Å²) in [7, 11) is 3.13. The molecule has 1 aromatic heterocycles. The number of hydrogen-bond acceptors (Lipinski definition) is 6. The average molecular weight is 255 g/mol. The summed E-state index contributed by atoms with van der Waals surface area (Å²) in [6.45, 7) is 1.43. The van der Waals surface area contributed by atoms with Crippen LogP contribution in [-0.4, -0.2) is 51.6 Å². The van der Waals surface area contributed by atoms with Gasteiger partial charge in [0, 0.05) is 26.5 Å². The fraction of sp³-hybridized carbons (Fsp3) is 0.500. The lowest BCUT2D eigenvalue weighted by Gasteiger charge is -2.07. The number of hydrogen-bond donors (Lipinski definition) is 0. The molecule has 0 spiro atoms. The van der Waals surface area contributed by atoms with Gasteiger partial charge in [-0.15, -0.1) is 0 Å². The van der Waals surface area contributed by atoms with Gasteiger partial charge < -0.3 is 18.9 Å². The molecular formula is C12H17NO5. The van der Waals surface area contributed by atoms with Crippen LogP contribution in [-0.2, 0) is 14.2 Å². The van der Waals surface area contributed by atoms with E-state index in [1.807, 2.05) is 0 Å². The molecule has 100 valence electrons. The largest absolute Gasteiger partial charge is 0.475 e. The topological polar surface area (TPSA) is 66.9 Å². The Hall–Kier alpha value is -1.66. The molecule has 0 unspecified atom stereocenters. The van der Waals surface area contributed by atoms with Crippen LogP contribution in [0.1, 0.15) is 10.4 Å². The van der Waals surface area contributed by atoms with Gasteiger partial charge in [0.15, 0.2) is 0 Å². The molecule has 1 heterocycles. The Kier molecular flexibility index (Phi) is 6.75. The zero-order valence-corrected chi connectivity index (χ0v) is 10.5. The van der Waals surface area contributed by atoms with E-state index >= 15 is 0 Å². The number of nitrogens with zero attached hydrogens (tertiary/aromatic N) is 1. The van der Waals surface area contributed by atoms with Gasteiger partial charge in [-0.2, -0.15) is 0 Å². The molecule has 0 bridgehead atoms. The van der Waals surface area contributed by atoms with E-state index in [9.17, 15) is 4.79 Å². The SMILES string of the molecule is COCCOC(=O)c1ccnc(OCCOC)c1. The Morgan fingerprint density at radius 1 is 1.17 bits per heavy atom. The number of aromatic nitrogens is 1. The molecule has 0 aliphatic rings. The van der Waals surface area contributed by atoms with E-state index in [0.717, 1.165) is 0 Å². The van der Waals surface area contributed by atoms with Gasteiger partial charge >= 0.3 is 5.97 Å². The molecule has 0 aliphatic heterocycles. The number of esters is 1. The summed E-state index contributed by atoms with van der Waals surface area (Å²) < 4.78 is 19.9. The maximum absolute atomic E-state index is 11.6. The Bertz CT molecular complexity index is 369. The molecule has 1 rings (SSSR count). The van der Waals surface area contributed by atoms with Crippen LogP contribution in [0.3, 0.4) is 0 Å². The van der Waals surface area contributed by atoms with E-state index in [4.69, 9.17) is 18.9 Å². The van der Waals surface area contributed by atoms with Gasteiger partial charge in [0.2, 0.25) is 5.88 Å². The molecule has 1 aromatic rings. The van der Waals surface area contributed by atoms with E-state index in [1.54, 1.807) is 20.3 Å². The Morgan fingerprint density at radius 2 is 1.89 bits per heavy atom. The number of carbonyl (C=O) groups excluding carboxylic acids is 1. The first-order valence-corrected chi connectivity index (χ1v) is 5.51.